The SMILES string of the molecule is CC#CN1CCc2c1ccc(-c1ccc(C(=O)NCc3cccnc3)cc1)c2C. The Morgan fingerprint density at radius 2 is 2.00 bits per heavy atom. The van der Waals surface area contributed by atoms with Gasteiger partial charge in [-0.2, -0.15) is 0 Å². The molecular weight excluding hydrogens is 358 g/mol. The Balaban J connectivity index is 1.51. The first-order chi connectivity index (χ1) is 14.2. The maximum Gasteiger partial charge on any atom is 0.251 e. The van der Waals surface area contributed by atoms with Gasteiger partial charge in [0, 0.05) is 37.1 Å². The normalized spacial score (nSPS) is 12.1. The summed E-state index contributed by atoms with van der Waals surface area (Å²) in [6.45, 7) is 5.45. The molecule has 0 spiro atoms. The predicted octanol–water partition coefficient (Wildman–Crippen LogP) is 4.33. The fourth-order valence-electron chi connectivity index (χ4n) is 3.81. The van der Waals surface area contributed by atoms with Crippen molar-refractivity contribution in [2.24, 2.45) is 0 Å². The van der Waals surface area contributed by atoms with Gasteiger partial charge in [-0.15, -0.1) is 0 Å². The van der Waals surface area contributed by atoms with Crippen LogP contribution in [0.3, 0.4) is 0 Å². The number of carbonyl (C=O) groups is 1. The third-order valence-electron chi connectivity index (χ3n) is 5.33. The lowest BCUT2D eigenvalue weighted by Gasteiger charge is -2.14. The Morgan fingerprint density at radius 1 is 1.17 bits per heavy atom. The Hall–Kier alpha value is -3.58. The monoisotopic (exact) mass is 381 g/mol. The van der Waals surface area contributed by atoms with E-state index in [0.29, 0.717) is 12.1 Å². The summed E-state index contributed by atoms with van der Waals surface area (Å²) in [5.74, 6) is 2.90. The standard InChI is InChI=1S/C25H23N3O/c1-3-14-28-15-12-23-18(2)22(10-11-24(23)28)20-6-8-21(9-7-20)25(29)27-17-19-5-4-13-26-16-19/h4-11,13,16H,12,15,17H2,1-2H3,(H,27,29). The van der Waals surface area contributed by atoms with Crippen LogP contribution in [0.1, 0.15) is 34.0 Å². The summed E-state index contributed by atoms with van der Waals surface area (Å²) in [5.41, 5.74) is 7.83. The van der Waals surface area contributed by atoms with E-state index in [9.17, 15) is 4.79 Å². The largest absolute Gasteiger partial charge is 0.348 e. The van der Waals surface area contributed by atoms with Crippen molar-refractivity contribution in [2.75, 3.05) is 11.4 Å². The first-order valence-electron chi connectivity index (χ1n) is 9.77. The van der Waals surface area contributed by atoms with Crippen molar-refractivity contribution in [3.63, 3.8) is 0 Å². The van der Waals surface area contributed by atoms with Gasteiger partial charge in [-0.25, -0.2) is 0 Å². The number of aromatic nitrogens is 1. The first kappa shape index (κ1) is 18.8. The molecule has 4 heteroatoms. The van der Waals surface area contributed by atoms with Crippen LogP contribution in [0, 0.1) is 18.9 Å². The second-order valence-electron chi connectivity index (χ2n) is 7.12. The molecule has 0 fully saturated rings. The van der Waals surface area contributed by atoms with Crippen molar-refractivity contribution < 1.29 is 4.79 Å². The van der Waals surface area contributed by atoms with Crippen molar-refractivity contribution in [3.05, 3.63) is 83.2 Å². The zero-order valence-corrected chi connectivity index (χ0v) is 16.7. The van der Waals surface area contributed by atoms with E-state index < -0.39 is 0 Å². The van der Waals surface area contributed by atoms with Crippen molar-refractivity contribution >= 4 is 11.6 Å². The number of pyridine rings is 1. The average molecular weight is 381 g/mol. The first-order valence-corrected chi connectivity index (χ1v) is 9.77. The predicted molar refractivity (Wildman–Crippen MR) is 117 cm³/mol. The second-order valence-corrected chi connectivity index (χ2v) is 7.12. The molecule has 0 unspecified atom stereocenters. The van der Waals surface area contributed by atoms with E-state index in [2.05, 4.69) is 46.2 Å². The molecule has 4 nitrogen and oxygen atoms in total. The number of nitrogens with one attached hydrogen (secondary N) is 1. The summed E-state index contributed by atoms with van der Waals surface area (Å²) in [4.78, 5) is 18.6. The van der Waals surface area contributed by atoms with E-state index in [1.165, 1.54) is 22.4 Å². The molecule has 1 aliphatic heterocycles. The van der Waals surface area contributed by atoms with Gasteiger partial charge in [0.05, 0.1) is 5.69 Å². The van der Waals surface area contributed by atoms with Crippen molar-refractivity contribution in [2.45, 2.75) is 26.8 Å². The second kappa shape index (κ2) is 8.20. The molecule has 4 rings (SSSR count). The van der Waals surface area contributed by atoms with Gasteiger partial charge in [0.1, 0.15) is 0 Å². The van der Waals surface area contributed by atoms with Crippen molar-refractivity contribution in [1.29, 1.82) is 0 Å². The molecule has 0 saturated carbocycles. The Labute approximate surface area is 171 Å². The summed E-state index contributed by atoms with van der Waals surface area (Å²) in [5, 5.41) is 2.94. The summed E-state index contributed by atoms with van der Waals surface area (Å²) < 4.78 is 0. The quantitative estimate of drug-likeness (QED) is 0.684. The molecule has 1 N–H and O–H groups in total. The summed E-state index contributed by atoms with van der Waals surface area (Å²) in [7, 11) is 0. The molecule has 2 heterocycles. The highest BCUT2D eigenvalue weighted by atomic mass is 16.1. The fraction of sp³-hybridized carbons (Fsp3) is 0.200. The van der Waals surface area contributed by atoms with Crippen LogP contribution in [0.2, 0.25) is 0 Å². The Morgan fingerprint density at radius 3 is 2.72 bits per heavy atom. The third kappa shape index (κ3) is 3.86. The molecule has 144 valence electrons. The highest BCUT2D eigenvalue weighted by Gasteiger charge is 2.21. The van der Waals surface area contributed by atoms with Crippen LogP contribution in [0.25, 0.3) is 11.1 Å². The molecule has 1 aliphatic rings. The third-order valence-corrected chi connectivity index (χ3v) is 5.33. The Kier molecular flexibility index (Phi) is 5.31. The molecule has 3 aromatic rings. The minimum atomic E-state index is -0.0835. The molecule has 1 amide bonds. The van der Waals surface area contributed by atoms with E-state index in [4.69, 9.17) is 0 Å². The fourth-order valence-corrected chi connectivity index (χ4v) is 3.81. The van der Waals surface area contributed by atoms with Gasteiger partial charge in [0.2, 0.25) is 0 Å². The number of amides is 1. The van der Waals surface area contributed by atoms with E-state index in [1.807, 2.05) is 43.3 Å². The lowest BCUT2D eigenvalue weighted by Crippen LogP contribution is -2.22. The Bertz CT molecular complexity index is 1090. The van der Waals surface area contributed by atoms with Crippen molar-refractivity contribution in [1.82, 2.24) is 10.3 Å². The van der Waals surface area contributed by atoms with Gasteiger partial charge in [-0.05, 0) is 72.4 Å². The number of nitrogens with zero attached hydrogens (tertiary/aromatic N) is 2. The number of carbonyl (C=O) groups excluding carboxylic acids is 1. The van der Waals surface area contributed by atoms with Crippen LogP contribution in [0.15, 0.2) is 60.9 Å². The average Bonchev–Trinajstić information content (AvgIpc) is 3.17. The number of anilines is 1. The highest BCUT2D eigenvalue weighted by Crippen LogP contribution is 2.36. The number of hydrogen-bond donors (Lipinski definition) is 1. The summed E-state index contributed by atoms with van der Waals surface area (Å²) in [6, 6.07) is 19.1. The zero-order chi connectivity index (χ0) is 20.2. The number of fused-ring (bicyclic) bond motifs is 1. The molecule has 0 bridgehead atoms. The van der Waals surface area contributed by atoms with Gasteiger partial charge in [0.25, 0.3) is 5.91 Å². The van der Waals surface area contributed by atoms with Gasteiger partial charge in [-0.1, -0.05) is 30.2 Å². The number of benzene rings is 2. The number of hydrogen-bond acceptors (Lipinski definition) is 3. The van der Waals surface area contributed by atoms with Gasteiger partial charge >= 0.3 is 0 Å². The lowest BCUT2D eigenvalue weighted by molar-refractivity contribution is 0.0951. The zero-order valence-electron chi connectivity index (χ0n) is 16.7. The van der Waals surface area contributed by atoms with Crippen LogP contribution in [0.5, 0.6) is 0 Å². The smallest absolute Gasteiger partial charge is 0.251 e. The van der Waals surface area contributed by atoms with Crippen LogP contribution in [-0.2, 0) is 13.0 Å². The van der Waals surface area contributed by atoms with Gasteiger partial charge in [0.15, 0.2) is 0 Å². The van der Waals surface area contributed by atoms with Crippen LogP contribution >= 0.6 is 0 Å². The van der Waals surface area contributed by atoms with Crippen LogP contribution in [0.4, 0.5) is 5.69 Å². The molecule has 0 atom stereocenters. The molecule has 1 aromatic heterocycles. The summed E-state index contributed by atoms with van der Waals surface area (Å²) >= 11 is 0. The highest BCUT2D eigenvalue weighted by molar-refractivity contribution is 5.94. The van der Waals surface area contributed by atoms with E-state index in [1.54, 1.807) is 12.4 Å². The minimum Gasteiger partial charge on any atom is -0.348 e. The van der Waals surface area contributed by atoms with Crippen molar-refractivity contribution in [3.8, 4) is 23.1 Å². The van der Waals surface area contributed by atoms with Crippen LogP contribution in [-0.4, -0.2) is 17.4 Å². The van der Waals surface area contributed by atoms with E-state index in [0.717, 1.165) is 24.1 Å². The van der Waals surface area contributed by atoms with E-state index >= 15 is 0 Å². The topological polar surface area (TPSA) is 45.2 Å². The molecule has 0 aliphatic carbocycles. The maximum absolute atomic E-state index is 12.4. The van der Waals surface area contributed by atoms with E-state index in [-0.39, 0.29) is 5.91 Å². The number of rotatable bonds is 4. The van der Waals surface area contributed by atoms with Gasteiger partial charge < -0.3 is 10.2 Å². The van der Waals surface area contributed by atoms with Gasteiger partial charge in [-0.3, -0.25) is 9.78 Å². The molecular formula is C25H23N3O. The summed E-state index contributed by atoms with van der Waals surface area (Å²) in [6.07, 6.45) is 4.49. The maximum atomic E-state index is 12.4. The molecule has 0 saturated heterocycles. The molecule has 0 radical (unpaired) electrons. The minimum absolute atomic E-state index is 0.0835. The molecule has 29 heavy (non-hydrogen) atoms. The molecule has 2 aromatic carbocycles. The van der Waals surface area contributed by atoms with Crippen LogP contribution < -0.4 is 10.2 Å². The lowest BCUT2D eigenvalue weighted by atomic mass is 9.94.